The van der Waals surface area contributed by atoms with Crippen LogP contribution in [0.3, 0.4) is 0 Å². The van der Waals surface area contributed by atoms with Crippen molar-refractivity contribution in [3.8, 4) is 0 Å². The zero-order valence-corrected chi connectivity index (χ0v) is 7.55. The molecule has 0 unspecified atom stereocenters. The van der Waals surface area contributed by atoms with Gasteiger partial charge in [0.25, 0.3) is 0 Å². The van der Waals surface area contributed by atoms with Gasteiger partial charge in [0.15, 0.2) is 5.78 Å². The second-order valence-electron chi connectivity index (χ2n) is 2.62. The molecule has 0 aromatic heterocycles. The van der Waals surface area contributed by atoms with Gasteiger partial charge in [0.1, 0.15) is 0 Å². The summed E-state index contributed by atoms with van der Waals surface area (Å²) in [5, 5.41) is 11.5. The molecule has 0 saturated carbocycles. The predicted octanol–water partition coefficient (Wildman–Crippen LogP) is 1.49. The fraction of sp³-hybridized carbons (Fsp3) is 0.100. The summed E-state index contributed by atoms with van der Waals surface area (Å²) in [6.07, 6.45) is 7.72. The average molecular weight is 190 g/mol. The summed E-state index contributed by atoms with van der Waals surface area (Å²) in [7, 11) is 0. The van der Waals surface area contributed by atoms with Crippen LogP contribution in [0.2, 0.25) is 0 Å². The summed E-state index contributed by atoms with van der Waals surface area (Å²) in [5.74, 6) is -0.161. The summed E-state index contributed by atoms with van der Waals surface area (Å²) >= 11 is 0. The van der Waals surface area contributed by atoms with Gasteiger partial charge in [0, 0.05) is 12.6 Å². The topological polar surface area (TPSA) is 62.0 Å². The summed E-state index contributed by atoms with van der Waals surface area (Å²) in [4.78, 5) is 15.2. The molecule has 4 heteroatoms. The Balaban J connectivity index is 2.85. The van der Waals surface area contributed by atoms with Crippen LogP contribution in [0.4, 0.5) is 0 Å². The lowest BCUT2D eigenvalue weighted by Gasteiger charge is -2.05. The van der Waals surface area contributed by atoms with Crippen molar-refractivity contribution in [2.24, 2.45) is 10.1 Å². The highest BCUT2D eigenvalue weighted by Crippen LogP contribution is 2.03. The third-order valence-corrected chi connectivity index (χ3v) is 1.64. The van der Waals surface area contributed by atoms with Gasteiger partial charge in [-0.2, -0.15) is 0 Å². The molecule has 0 radical (unpaired) electrons. The maximum atomic E-state index is 11.2. The lowest BCUT2D eigenvalue weighted by atomic mass is 10.0. The third kappa shape index (κ3) is 2.52. The molecule has 4 nitrogen and oxygen atoms in total. The van der Waals surface area contributed by atoms with E-state index in [2.05, 4.69) is 16.7 Å². The molecule has 14 heavy (non-hydrogen) atoms. The van der Waals surface area contributed by atoms with Crippen LogP contribution in [0, 0.1) is 0 Å². The molecular formula is C10H10N2O2. The molecule has 1 aliphatic carbocycles. The van der Waals surface area contributed by atoms with Crippen LogP contribution in [0.25, 0.3) is 0 Å². The van der Waals surface area contributed by atoms with Crippen LogP contribution in [-0.2, 0) is 4.79 Å². The van der Waals surface area contributed by atoms with E-state index in [9.17, 15) is 4.79 Å². The zero-order valence-electron chi connectivity index (χ0n) is 7.55. The molecule has 72 valence electrons. The maximum absolute atomic E-state index is 11.2. The molecule has 0 atom stereocenters. The van der Waals surface area contributed by atoms with Crippen molar-refractivity contribution in [1.29, 1.82) is 0 Å². The van der Waals surface area contributed by atoms with Gasteiger partial charge >= 0.3 is 0 Å². The van der Waals surface area contributed by atoms with Gasteiger partial charge in [0.2, 0.25) is 0 Å². The van der Waals surface area contributed by atoms with E-state index in [0.717, 1.165) is 0 Å². The molecule has 0 fully saturated rings. The normalized spacial score (nSPS) is 22.4. The molecule has 0 aliphatic heterocycles. The second kappa shape index (κ2) is 4.91. The van der Waals surface area contributed by atoms with Crippen molar-refractivity contribution in [3.05, 3.63) is 37.1 Å². The first-order chi connectivity index (χ1) is 6.77. The molecule has 1 aliphatic rings. The molecule has 0 saturated heterocycles. The zero-order chi connectivity index (χ0) is 10.4. The van der Waals surface area contributed by atoms with Crippen molar-refractivity contribution in [3.63, 3.8) is 0 Å². The molecule has 0 spiro atoms. The van der Waals surface area contributed by atoms with Crippen molar-refractivity contribution >= 4 is 17.2 Å². The van der Waals surface area contributed by atoms with E-state index in [1.165, 1.54) is 18.4 Å². The van der Waals surface area contributed by atoms with E-state index >= 15 is 0 Å². The summed E-state index contributed by atoms with van der Waals surface area (Å²) in [5.41, 5.74) is 0.786. The molecule has 0 bridgehead atoms. The van der Waals surface area contributed by atoms with E-state index in [1.807, 2.05) is 0 Å². The summed E-state index contributed by atoms with van der Waals surface area (Å²) < 4.78 is 0. The number of hydrogen-bond donors (Lipinski definition) is 1. The van der Waals surface area contributed by atoms with Crippen LogP contribution in [0.5, 0.6) is 0 Å². The van der Waals surface area contributed by atoms with Crippen LogP contribution in [0.1, 0.15) is 6.42 Å². The van der Waals surface area contributed by atoms with Gasteiger partial charge in [-0.3, -0.25) is 9.79 Å². The monoisotopic (exact) mass is 190 g/mol. The SMILES string of the molecule is C=C/C=C\N=C1C/C(=N/O)C=CC1=O. The fourth-order valence-electron chi connectivity index (χ4n) is 0.957. The van der Waals surface area contributed by atoms with Gasteiger partial charge in [0.05, 0.1) is 11.4 Å². The summed E-state index contributed by atoms with van der Waals surface area (Å²) in [6.45, 7) is 3.47. The van der Waals surface area contributed by atoms with E-state index in [-0.39, 0.29) is 12.2 Å². The minimum absolute atomic E-state index is 0.161. The van der Waals surface area contributed by atoms with E-state index < -0.39 is 0 Å². The fourth-order valence-corrected chi connectivity index (χ4v) is 0.957. The van der Waals surface area contributed by atoms with Crippen molar-refractivity contribution < 1.29 is 10.0 Å². The third-order valence-electron chi connectivity index (χ3n) is 1.64. The number of rotatable bonds is 2. The standard InChI is InChI=1S/C10H10N2O2/c1-2-3-6-11-9-7-8(12-14)4-5-10(9)13/h2-6,14H,1,7H2/b6-3-,11-9?,12-8+. The highest BCUT2D eigenvalue weighted by Gasteiger charge is 2.15. The Labute approximate surface area is 81.6 Å². The van der Waals surface area contributed by atoms with Gasteiger partial charge < -0.3 is 5.21 Å². The minimum atomic E-state index is -0.161. The van der Waals surface area contributed by atoms with E-state index in [4.69, 9.17) is 5.21 Å². The van der Waals surface area contributed by atoms with Crippen molar-refractivity contribution in [2.45, 2.75) is 6.42 Å². The Bertz CT molecular complexity index is 362. The van der Waals surface area contributed by atoms with Crippen LogP contribution in [0.15, 0.2) is 47.2 Å². The number of carbonyl (C=O) groups excluding carboxylic acids is 1. The molecule has 0 heterocycles. The lowest BCUT2D eigenvalue weighted by molar-refractivity contribution is -0.109. The Morgan fingerprint density at radius 3 is 2.93 bits per heavy atom. The Kier molecular flexibility index (Phi) is 3.55. The largest absolute Gasteiger partial charge is 0.411 e. The molecule has 0 aromatic carbocycles. The molecular weight excluding hydrogens is 180 g/mol. The number of aliphatic imine (C=N–C) groups is 1. The number of oxime groups is 1. The highest BCUT2D eigenvalue weighted by atomic mass is 16.4. The Hall–Kier alpha value is -1.97. The van der Waals surface area contributed by atoms with Crippen LogP contribution < -0.4 is 0 Å². The quantitative estimate of drug-likeness (QED) is 0.407. The van der Waals surface area contributed by atoms with Crippen LogP contribution in [-0.4, -0.2) is 22.4 Å². The Morgan fingerprint density at radius 1 is 1.50 bits per heavy atom. The van der Waals surface area contributed by atoms with Crippen LogP contribution >= 0.6 is 0 Å². The minimum Gasteiger partial charge on any atom is -0.411 e. The first kappa shape index (κ1) is 10.1. The molecule has 0 amide bonds. The highest BCUT2D eigenvalue weighted by molar-refractivity contribution is 6.49. The average Bonchev–Trinajstić information content (AvgIpc) is 2.21. The van der Waals surface area contributed by atoms with E-state index in [1.54, 1.807) is 12.2 Å². The second-order valence-corrected chi connectivity index (χ2v) is 2.62. The summed E-state index contributed by atoms with van der Waals surface area (Å²) in [6, 6.07) is 0. The first-order valence-corrected chi connectivity index (χ1v) is 4.05. The van der Waals surface area contributed by atoms with Crippen molar-refractivity contribution in [1.82, 2.24) is 0 Å². The number of ketones is 1. The predicted molar refractivity (Wildman–Crippen MR) is 54.8 cm³/mol. The maximum Gasteiger partial charge on any atom is 0.200 e. The lowest BCUT2D eigenvalue weighted by Crippen LogP contribution is -2.20. The van der Waals surface area contributed by atoms with Crippen molar-refractivity contribution in [2.75, 3.05) is 0 Å². The molecule has 1 N–H and O–H groups in total. The van der Waals surface area contributed by atoms with Gasteiger partial charge in [-0.25, -0.2) is 0 Å². The Morgan fingerprint density at radius 2 is 2.29 bits per heavy atom. The smallest absolute Gasteiger partial charge is 0.200 e. The van der Waals surface area contributed by atoms with Gasteiger partial charge in [-0.15, -0.1) is 0 Å². The molecule has 0 aromatic rings. The van der Waals surface area contributed by atoms with Gasteiger partial charge in [-0.05, 0) is 18.2 Å². The number of carbonyl (C=O) groups is 1. The number of allylic oxidation sites excluding steroid dienone is 4. The molecule has 1 rings (SSSR count). The number of nitrogens with zero attached hydrogens (tertiary/aromatic N) is 2. The first-order valence-electron chi connectivity index (χ1n) is 4.05. The number of hydrogen-bond acceptors (Lipinski definition) is 4. The van der Waals surface area contributed by atoms with Gasteiger partial charge in [-0.1, -0.05) is 17.8 Å². The van der Waals surface area contributed by atoms with E-state index in [0.29, 0.717) is 11.4 Å².